The Balaban J connectivity index is 1.31. The van der Waals surface area contributed by atoms with Gasteiger partial charge >= 0.3 is 0 Å². The molecule has 0 fully saturated rings. The van der Waals surface area contributed by atoms with Crippen LogP contribution in [0.25, 0.3) is 56.4 Å². The molecule has 0 N–H and O–H groups in total. The molecule has 5 aromatic carbocycles. The average Bonchev–Trinajstić information content (AvgIpc) is 3.01. The molecule has 0 aliphatic carbocycles. The molecular formula is C36H31N3Si. The van der Waals surface area contributed by atoms with Gasteiger partial charge in [-0.15, -0.1) is 0 Å². The Morgan fingerprint density at radius 1 is 0.350 bits per heavy atom. The van der Waals surface area contributed by atoms with Gasteiger partial charge in [-0.3, -0.25) is 0 Å². The number of hydrogen-bond donors (Lipinski definition) is 0. The SMILES string of the molecule is C[Si](C)(C)c1cccc(-c2ccc(-c3ccc(-c4nc(-c5ccccc5)nc(-c5ccccc5)n4)cc3)cc2)c1. The van der Waals surface area contributed by atoms with Crippen molar-refractivity contribution in [2.45, 2.75) is 19.6 Å². The van der Waals surface area contributed by atoms with Gasteiger partial charge in [0.2, 0.25) is 0 Å². The van der Waals surface area contributed by atoms with Crippen molar-refractivity contribution in [3.63, 3.8) is 0 Å². The van der Waals surface area contributed by atoms with Gasteiger partial charge in [0, 0.05) is 16.7 Å². The number of rotatable bonds is 6. The summed E-state index contributed by atoms with van der Waals surface area (Å²) in [4.78, 5) is 14.5. The van der Waals surface area contributed by atoms with Crippen molar-refractivity contribution in [1.29, 1.82) is 0 Å². The van der Waals surface area contributed by atoms with Crippen LogP contribution in [0.1, 0.15) is 0 Å². The van der Waals surface area contributed by atoms with E-state index in [-0.39, 0.29) is 0 Å². The molecule has 0 aliphatic rings. The topological polar surface area (TPSA) is 38.7 Å². The van der Waals surface area contributed by atoms with Crippen LogP contribution >= 0.6 is 0 Å². The van der Waals surface area contributed by atoms with Gasteiger partial charge in [0.25, 0.3) is 0 Å². The van der Waals surface area contributed by atoms with E-state index in [2.05, 4.69) is 92.4 Å². The highest BCUT2D eigenvalue weighted by atomic mass is 28.3. The maximum absolute atomic E-state index is 4.85. The van der Waals surface area contributed by atoms with Crippen LogP contribution in [0, 0.1) is 0 Å². The molecule has 0 atom stereocenters. The summed E-state index contributed by atoms with van der Waals surface area (Å²) in [6.07, 6.45) is 0. The van der Waals surface area contributed by atoms with E-state index in [0.717, 1.165) is 22.3 Å². The van der Waals surface area contributed by atoms with Crippen molar-refractivity contribution < 1.29 is 0 Å². The molecule has 6 rings (SSSR count). The first-order valence-corrected chi connectivity index (χ1v) is 17.1. The lowest BCUT2D eigenvalue weighted by Gasteiger charge is -2.17. The lowest BCUT2D eigenvalue weighted by Crippen LogP contribution is -2.37. The molecule has 0 spiro atoms. The molecule has 0 radical (unpaired) electrons. The summed E-state index contributed by atoms with van der Waals surface area (Å²) in [5.74, 6) is 2.00. The molecule has 194 valence electrons. The molecule has 6 aromatic rings. The Kier molecular flexibility index (Phi) is 6.93. The van der Waals surface area contributed by atoms with Crippen molar-refractivity contribution in [2.75, 3.05) is 0 Å². The van der Waals surface area contributed by atoms with Crippen LogP contribution in [-0.4, -0.2) is 23.0 Å². The Bertz CT molecular complexity index is 1680. The number of aromatic nitrogens is 3. The van der Waals surface area contributed by atoms with E-state index in [1.807, 2.05) is 60.7 Å². The minimum atomic E-state index is -1.35. The molecule has 40 heavy (non-hydrogen) atoms. The average molecular weight is 534 g/mol. The first-order chi connectivity index (χ1) is 19.4. The van der Waals surface area contributed by atoms with E-state index < -0.39 is 8.07 Å². The third-order valence-electron chi connectivity index (χ3n) is 7.12. The zero-order valence-corrected chi connectivity index (χ0v) is 24.0. The molecule has 1 aromatic heterocycles. The Morgan fingerprint density at radius 3 is 1.12 bits per heavy atom. The second-order valence-corrected chi connectivity index (χ2v) is 16.1. The van der Waals surface area contributed by atoms with Gasteiger partial charge in [-0.1, -0.05) is 158 Å². The van der Waals surface area contributed by atoms with Gasteiger partial charge < -0.3 is 0 Å². The van der Waals surface area contributed by atoms with Crippen LogP contribution in [0.5, 0.6) is 0 Å². The summed E-state index contributed by atoms with van der Waals surface area (Å²) in [5.41, 5.74) is 7.76. The number of benzene rings is 5. The van der Waals surface area contributed by atoms with Crippen molar-refractivity contribution in [1.82, 2.24) is 15.0 Å². The van der Waals surface area contributed by atoms with E-state index >= 15 is 0 Å². The van der Waals surface area contributed by atoms with Crippen molar-refractivity contribution in [3.05, 3.63) is 133 Å². The summed E-state index contributed by atoms with van der Waals surface area (Å²) in [6.45, 7) is 7.17. The standard InChI is InChI=1S/C36H31N3Si/c1-40(2,3)33-16-10-15-32(25-33)28-19-17-26(18-20-28)27-21-23-31(24-22-27)36-38-34(29-11-6-4-7-12-29)37-35(39-36)30-13-8-5-9-14-30/h4-25H,1-3H3. The minimum absolute atomic E-state index is 0.664. The molecule has 0 saturated heterocycles. The van der Waals surface area contributed by atoms with E-state index in [1.54, 1.807) is 0 Å². The van der Waals surface area contributed by atoms with E-state index in [9.17, 15) is 0 Å². The van der Waals surface area contributed by atoms with Crippen molar-refractivity contribution >= 4 is 13.3 Å². The summed E-state index contributed by atoms with van der Waals surface area (Å²) in [6, 6.07) is 46.5. The molecule has 3 nitrogen and oxygen atoms in total. The highest BCUT2D eigenvalue weighted by Gasteiger charge is 2.17. The quantitative estimate of drug-likeness (QED) is 0.201. The van der Waals surface area contributed by atoms with Crippen LogP contribution in [0.15, 0.2) is 133 Å². The fraction of sp³-hybridized carbons (Fsp3) is 0.0833. The largest absolute Gasteiger partial charge is 0.208 e. The fourth-order valence-corrected chi connectivity index (χ4v) is 5.95. The maximum Gasteiger partial charge on any atom is 0.164 e. The molecule has 0 saturated carbocycles. The van der Waals surface area contributed by atoms with Crippen LogP contribution in [0.4, 0.5) is 0 Å². The zero-order chi connectivity index (χ0) is 27.5. The monoisotopic (exact) mass is 533 g/mol. The molecule has 0 unspecified atom stereocenters. The predicted octanol–water partition coefficient (Wildman–Crippen LogP) is 8.75. The minimum Gasteiger partial charge on any atom is -0.208 e. The molecular weight excluding hydrogens is 503 g/mol. The van der Waals surface area contributed by atoms with E-state index in [0.29, 0.717) is 17.5 Å². The molecule has 0 aliphatic heterocycles. The predicted molar refractivity (Wildman–Crippen MR) is 170 cm³/mol. The van der Waals surface area contributed by atoms with Crippen LogP contribution in [0.3, 0.4) is 0 Å². The Hall–Kier alpha value is -4.67. The number of nitrogens with zero attached hydrogens (tertiary/aromatic N) is 3. The molecule has 4 heteroatoms. The highest BCUT2D eigenvalue weighted by molar-refractivity contribution is 6.88. The summed E-state index contributed by atoms with van der Waals surface area (Å²) >= 11 is 0. The zero-order valence-electron chi connectivity index (χ0n) is 23.0. The van der Waals surface area contributed by atoms with Gasteiger partial charge in [0.1, 0.15) is 0 Å². The van der Waals surface area contributed by atoms with Crippen LogP contribution < -0.4 is 5.19 Å². The molecule has 0 bridgehead atoms. The first kappa shape index (κ1) is 25.6. The third-order valence-corrected chi connectivity index (χ3v) is 9.17. The van der Waals surface area contributed by atoms with Gasteiger partial charge in [0.15, 0.2) is 17.5 Å². The van der Waals surface area contributed by atoms with Gasteiger partial charge in [-0.25, -0.2) is 15.0 Å². The second kappa shape index (κ2) is 10.8. The Labute approximate surface area is 237 Å². The summed E-state index contributed by atoms with van der Waals surface area (Å²) in [5, 5.41) is 1.48. The number of hydrogen-bond acceptors (Lipinski definition) is 3. The van der Waals surface area contributed by atoms with Gasteiger partial charge in [-0.2, -0.15) is 0 Å². The molecule has 1 heterocycles. The smallest absolute Gasteiger partial charge is 0.164 e. The van der Waals surface area contributed by atoms with Gasteiger partial charge in [0.05, 0.1) is 8.07 Å². The second-order valence-electron chi connectivity index (χ2n) is 11.0. The first-order valence-electron chi connectivity index (χ1n) is 13.6. The third kappa shape index (κ3) is 5.53. The maximum atomic E-state index is 4.85. The lowest BCUT2D eigenvalue weighted by molar-refractivity contribution is 1.07. The Morgan fingerprint density at radius 2 is 0.700 bits per heavy atom. The fourth-order valence-electron chi connectivity index (χ4n) is 4.77. The normalized spacial score (nSPS) is 11.4. The van der Waals surface area contributed by atoms with Gasteiger partial charge in [-0.05, 0) is 22.3 Å². The van der Waals surface area contributed by atoms with Crippen molar-refractivity contribution in [3.8, 4) is 56.4 Å². The highest BCUT2D eigenvalue weighted by Crippen LogP contribution is 2.28. The summed E-state index contributed by atoms with van der Waals surface area (Å²) in [7, 11) is -1.35. The van der Waals surface area contributed by atoms with Crippen LogP contribution in [0.2, 0.25) is 19.6 Å². The lowest BCUT2D eigenvalue weighted by atomic mass is 9.99. The summed E-state index contributed by atoms with van der Waals surface area (Å²) < 4.78 is 0. The van der Waals surface area contributed by atoms with Crippen LogP contribution in [-0.2, 0) is 0 Å². The van der Waals surface area contributed by atoms with E-state index in [1.165, 1.54) is 21.9 Å². The van der Waals surface area contributed by atoms with E-state index in [4.69, 9.17) is 15.0 Å². The van der Waals surface area contributed by atoms with Crippen molar-refractivity contribution in [2.24, 2.45) is 0 Å². The molecule has 0 amide bonds.